The number of hydrogen-bond acceptors (Lipinski definition) is 5. The molecule has 0 aliphatic rings. The van der Waals surface area contributed by atoms with Gasteiger partial charge in [-0.3, -0.25) is 0 Å². The molecule has 0 spiro atoms. The zero-order valence-electron chi connectivity index (χ0n) is 16.2. The van der Waals surface area contributed by atoms with Crippen LogP contribution in [-0.4, -0.2) is 30.2 Å². The SMILES string of the molecule is COCCNc1nc(C)cc(Nc2c(C(C)C)cccc2C(C)C)n1. The van der Waals surface area contributed by atoms with Crippen LogP contribution < -0.4 is 10.6 Å². The monoisotopic (exact) mass is 342 g/mol. The summed E-state index contributed by atoms with van der Waals surface area (Å²) in [6.45, 7) is 12.1. The van der Waals surface area contributed by atoms with Crippen molar-refractivity contribution in [2.45, 2.75) is 46.5 Å². The van der Waals surface area contributed by atoms with Crippen molar-refractivity contribution in [2.75, 3.05) is 30.9 Å². The van der Waals surface area contributed by atoms with Gasteiger partial charge in [-0.1, -0.05) is 45.9 Å². The van der Waals surface area contributed by atoms with Crippen molar-refractivity contribution in [3.63, 3.8) is 0 Å². The minimum absolute atomic E-state index is 0.434. The van der Waals surface area contributed by atoms with Gasteiger partial charge in [0.1, 0.15) is 5.82 Å². The summed E-state index contributed by atoms with van der Waals surface area (Å²) < 4.78 is 5.07. The van der Waals surface area contributed by atoms with E-state index in [2.05, 4.69) is 66.5 Å². The van der Waals surface area contributed by atoms with Crippen LogP contribution in [0, 0.1) is 6.92 Å². The van der Waals surface area contributed by atoms with Gasteiger partial charge < -0.3 is 15.4 Å². The fourth-order valence-corrected chi connectivity index (χ4v) is 2.80. The van der Waals surface area contributed by atoms with Crippen LogP contribution >= 0.6 is 0 Å². The first-order valence-corrected chi connectivity index (χ1v) is 8.90. The molecule has 5 nitrogen and oxygen atoms in total. The Balaban J connectivity index is 2.35. The maximum absolute atomic E-state index is 5.07. The third-order valence-corrected chi connectivity index (χ3v) is 4.07. The molecule has 0 unspecified atom stereocenters. The summed E-state index contributed by atoms with van der Waals surface area (Å²) in [5.74, 6) is 2.29. The zero-order chi connectivity index (χ0) is 18.4. The van der Waals surface area contributed by atoms with E-state index in [4.69, 9.17) is 4.74 Å². The first-order chi connectivity index (χ1) is 11.9. The lowest BCUT2D eigenvalue weighted by atomic mass is 9.92. The van der Waals surface area contributed by atoms with E-state index >= 15 is 0 Å². The fraction of sp³-hybridized carbons (Fsp3) is 0.500. The second-order valence-corrected chi connectivity index (χ2v) is 6.88. The molecule has 2 N–H and O–H groups in total. The van der Waals surface area contributed by atoms with Crippen LogP contribution in [0.4, 0.5) is 17.5 Å². The van der Waals surface area contributed by atoms with Gasteiger partial charge in [-0.25, -0.2) is 4.98 Å². The number of rotatable bonds is 8. The minimum atomic E-state index is 0.434. The van der Waals surface area contributed by atoms with Gasteiger partial charge in [0.2, 0.25) is 5.95 Å². The highest BCUT2D eigenvalue weighted by Crippen LogP contribution is 2.34. The quantitative estimate of drug-likeness (QED) is 0.673. The number of anilines is 3. The topological polar surface area (TPSA) is 59.1 Å². The van der Waals surface area contributed by atoms with Gasteiger partial charge in [-0.15, -0.1) is 0 Å². The van der Waals surface area contributed by atoms with Gasteiger partial charge in [0.15, 0.2) is 0 Å². The molecule has 0 fully saturated rings. The summed E-state index contributed by atoms with van der Waals surface area (Å²) in [4.78, 5) is 9.06. The molecule has 0 saturated heterocycles. The number of nitrogens with zero attached hydrogens (tertiary/aromatic N) is 2. The summed E-state index contributed by atoms with van der Waals surface area (Å²) in [6.07, 6.45) is 0. The smallest absolute Gasteiger partial charge is 0.224 e. The van der Waals surface area contributed by atoms with E-state index in [1.165, 1.54) is 11.1 Å². The van der Waals surface area contributed by atoms with Gasteiger partial charge in [0, 0.05) is 31.1 Å². The van der Waals surface area contributed by atoms with Crippen molar-refractivity contribution >= 4 is 17.5 Å². The molecule has 0 aliphatic carbocycles. The minimum Gasteiger partial charge on any atom is -0.383 e. The molecule has 25 heavy (non-hydrogen) atoms. The Kier molecular flexibility index (Phi) is 6.76. The van der Waals surface area contributed by atoms with Crippen LogP contribution in [0.5, 0.6) is 0 Å². The number of benzene rings is 1. The molecule has 0 amide bonds. The van der Waals surface area contributed by atoms with Crippen molar-refractivity contribution in [2.24, 2.45) is 0 Å². The summed E-state index contributed by atoms with van der Waals surface area (Å²) >= 11 is 0. The highest BCUT2D eigenvalue weighted by atomic mass is 16.5. The third-order valence-electron chi connectivity index (χ3n) is 4.07. The number of nitrogens with one attached hydrogen (secondary N) is 2. The Bertz CT molecular complexity index is 672. The summed E-state index contributed by atoms with van der Waals surface area (Å²) in [6, 6.07) is 8.48. The fourth-order valence-electron chi connectivity index (χ4n) is 2.80. The number of aryl methyl sites for hydroxylation is 1. The highest BCUT2D eigenvalue weighted by molar-refractivity contribution is 5.67. The molecule has 0 saturated carbocycles. The molecule has 1 heterocycles. The number of hydrogen-bond donors (Lipinski definition) is 2. The molecular weight excluding hydrogens is 312 g/mol. The summed E-state index contributed by atoms with van der Waals surface area (Å²) in [7, 11) is 1.68. The van der Waals surface area contributed by atoms with Gasteiger partial charge in [0.25, 0.3) is 0 Å². The normalized spacial score (nSPS) is 11.2. The van der Waals surface area contributed by atoms with Crippen molar-refractivity contribution in [1.29, 1.82) is 0 Å². The van der Waals surface area contributed by atoms with Gasteiger partial charge in [-0.2, -0.15) is 4.98 Å². The van der Waals surface area contributed by atoms with E-state index in [1.54, 1.807) is 7.11 Å². The molecule has 0 radical (unpaired) electrons. The second-order valence-electron chi connectivity index (χ2n) is 6.88. The van der Waals surface area contributed by atoms with E-state index in [9.17, 15) is 0 Å². The molecule has 1 aromatic carbocycles. The molecule has 2 rings (SSSR count). The van der Waals surface area contributed by atoms with E-state index in [1.807, 2.05) is 13.0 Å². The van der Waals surface area contributed by atoms with Crippen LogP contribution in [0.2, 0.25) is 0 Å². The lowest BCUT2D eigenvalue weighted by Crippen LogP contribution is -2.12. The Morgan fingerprint density at radius 2 is 1.68 bits per heavy atom. The molecular formula is C20H30N4O. The molecule has 0 atom stereocenters. The van der Waals surface area contributed by atoms with E-state index in [0.29, 0.717) is 30.9 Å². The largest absolute Gasteiger partial charge is 0.383 e. The van der Waals surface area contributed by atoms with E-state index in [-0.39, 0.29) is 0 Å². The predicted octanol–water partition coefficient (Wildman–Crippen LogP) is 4.83. The summed E-state index contributed by atoms with van der Waals surface area (Å²) in [5.41, 5.74) is 4.69. The molecule has 0 bridgehead atoms. The lowest BCUT2D eigenvalue weighted by molar-refractivity contribution is 0.210. The number of para-hydroxylation sites is 1. The molecule has 136 valence electrons. The Hall–Kier alpha value is -2.14. The first kappa shape index (κ1) is 19.2. The number of ether oxygens (including phenoxy) is 1. The number of aromatic nitrogens is 2. The van der Waals surface area contributed by atoms with Crippen molar-refractivity contribution in [3.8, 4) is 0 Å². The molecule has 5 heteroatoms. The van der Waals surface area contributed by atoms with Crippen molar-refractivity contribution in [1.82, 2.24) is 9.97 Å². The molecule has 1 aromatic heterocycles. The maximum Gasteiger partial charge on any atom is 0.224 e. The summed E-state index contributed by atoms with van der Waals surface area (Å²) in [5, 5.41) is 6.75. The van der Waals surface area contributed by atoms with Crippen molar-refractivity contribution < 1.29 is 4.74 Å². The maximum atomic E-state index is 5.07. The van der Waals surface area contributed by atoms with Gasteiger partial charge in [0.05, 0.1) is 6.61 Å². The third kappa shape index (κ3) is 5.16. The first-order valence-electron chi connectivity index (χ1n) is 8.90. The Morgan fingerprint density at radius 3 is 2.24 bits per heavy atom. The molecule has 0 aliphatic heterocycles. The number of methoxy groups -OCH3 is 1. The van der Waals surface area contributed by atoms with Gasteiger partial charge in [-0.05, 0) is 29.9 Å². The Morgan fingerprint density at radius 1 is 1.04 bits per heavy atom. The van der Waals surface area contributed by atoms with E-state index < -0.39 is 0 Å². The Labute approximate surface area is 151 Å². The average Bonchev–Trinajstić information content (AvgIpc) is 2.54. The lowest BCUT2D eigenvalue weighted by Gasteiger charge is -2.21. The van der Waals surface area contributed by atoms with Crippen LogP contribution in [0.15, 0.2) is 24.3 Å². The average molecular weight is 342 g/mol. The standard InChI is InChI=1S/C20H30N4O/c1-13(2)16-8-7-9-17(14(3)4)19(16)23-18-12-15(5)22-20(24-18)21-10-11-25-6/h7-9,12-14H,10-11H2,1-6H3,(H2,21,22,23,24). The van der Waals surface area contributed by atoms with Crippen LogP contribution in [0.25, 0.3) is 0 Å². The zero-order valence-corrected chi connectivity index (χ0v) is 16.2. The van der Waals surface area contributed by atoms with Crippen LogP contribution in [0.1, 0.15) is 56.4 Å². The van der Waals surface area contributed by atoms with Crippen molar-refractivity contribution in [3.05, 3.63) is 41.1 Å². The van der Waals surface area contributed by atoms with E-state index in [0.717, 1.165) is 17.2 Å². The van der Waals surface area contributed by atoms with Crippen LogP contribution in [-0.2, 0) is 4.74 Å². The van der Waals surface area contributed by atoms with Gasteiger partial charge >= 0.3 is 0 Å². The predicted molar refractivity (Wildman–Crippen MR) is 105 cm³/mol. The van der Waals surface area contributed by atoms with Crippen LogP contribution in [0.3, 0.4) is 0 Å². The second kappa shape index (κ2) is 8.81. The molecule has 2 aromatic rings. The highest BCUT2D eigenvalue weighted by Gasteiger charge is 2.15.